The lowest BCUT2D eigenvalue weighted by Crippen LogP contribution is -2.25. The van der Waals surface area contributed by atoms with Crippen molar-refractivity contribution in [3.63, 3.8) is 0 Å². The molecule has 1 unspecified atom stereocenters. The van der Waals surface area contributed by atoms with Gasteiger partial charge < -0.3 is 5.73 Å². The van der Waals surface area contributed by atoms with E-state index in [1.54, 1.807) is 0 Å². The van der Waals surface area contributed by atoms with Gasteiger partial charge in [0.15, 0.2) is 0 Å². The fourth-order valence-electron chi connectivity index (χ4n) is 1.80. The van der Waals surface area contributed by atoms with Gasteiger partial charge in [-0.1, -0.05) is 0 Å². The molecule has 2 N–H and O–H groups in total. The van der Waals surface area contributed by atoms with Gasteiger partial charge in [0, 0.05) is 12.5 Å². The number of thioether (sulfide) groups is 1. The lowest BCUT2D eigenvalue weighted by atomic mass is 9.93. The number of terminal acetylenes is 1. The average molecular weight is 197 g/mol. The topological polar surface area (TPSA) is 26.0 Å². The van der Waals surface area contributed by atoms with Gasteiger partial charge in [0.2, 0.25) is 0 Å². The van der Waals surface area contributed by atoms with Gasteiger partial charge in [0.1, 0.15) is 0 Å². The van der Waals surface area contributed by atoms with Crippen molar-refractivity contribution in [3.8, 4) is 12.3 Å². The Morgan fingerprint density at radius 3 is 2.77 bits per heavy atom. The molecule has 1 nitrogen and oxygen atoms in total. The van der Waals surface area contributed by atoms with Gasteiger partial charge in [-0.05, 0) is 43.1 Å². The van der Waals surface area contributed by atoms with E-state index in [9.17, 15) is 0 Å². The molecule has 0 aromatic heterocycles. The molecule has 0 aromatic rings. The van der Waals surface area contributed by atoms with Crippen LogP contribution in [0, 0.1) is 18.3 Å². The third-order valence-corrected chi connectivity index (χ3v) is 3.69. The van der Waals surface area contributed by atoms with Gasteiger partial charge in [-0.15, -0.1) is 12.3 Å². The fraction of sp³-hybridized carbons (Fsp3) is 0.818. The molecule has 1 fully saturated rings. The Morgan fingerprint density at radius 2 is 2.15 bits per heavy atom. The highest BCUT2D eigenvalue weighted by Gasteiger charge is 2.16. The minimum atomic E-state index is 0.337. The van der Waals surface area contributed by atoms with E-state index in [2.05, 4.69) is 17.7 Å². The lowest BCUT2D eigenvalue weighted by molar-refractivity contribution is 0.398. The van der Waals surface area contributed by atoms with E-state index in [0.29, 0.717) is 6.04 Å². The van der Waals surface area contributed by atoms with Crippen molar-refractivity contribution >= 4 is 11.8 Å². The molecule has 74 valence electrons. The van der Waals surface area contributed by atoms with E-state index in [-0.39, 0.29) is 0 Å². The molecule has 0 spiro atoms. The largest absolute Gasteiger partial charge is 0.328 e. The number of hydrogen-bond acceptors (Lipinski definition) is 2. The monoisotopic (exact) mass is 197 g/mol. The zero-order valence-corrected chi connectivity index (χ0v) is 8.98. The molecule has 0 radical (unpaired) electrons. The Morgan fingerprint density at radius 1 is 1.46 bits per heavy atom. The summed E-state index contributed by atoms with van der Waals surface area (Å²) in [5.74, 6) is 6.17. The molecule has 0 saturated carbocycles. The van der Waals surface area contributed by atoms with Crippen LogP contribution < -0.4 is 5.73 Å². The van der Waals surface area contributed by atoms with Crippen molar-refractivity contribution in [1.29, 1.82) is 0 Å². The molecule has 0 aliphatic carbocycles. The highest BCUT2D eigenvalue weighted by Crippen LogP contribution is 2.26. The first-order valence-electron chi connectivity index (χ1n) is 5.09. The van der Waals surface area contributed by atoms with Gasteiger partial charge in [-0.2, -0.15) is 11.8 Å². The standard InChI is InChI=1S/C11H19NS/c1-2-3-4-11(12)9-10-5-7-13-8-6-10/h1,10-11H,3-9,12H2. The molecule has 0 aromatic carbocycles. The Hall–Kier alpha value is -0.130. The molecule has 1 rings (SSSR count). The minimum Gasteiger partial charge on any atom is -0.328 e. The normalized spacial score (nSPS) is 20.9. The Bertz CT molecular complexity index is 167. The SMILES string of the molecule is C#CCCC(N)CC1CCSCC1. The van der Waals surface area contributed by atoms with Crippen LogP contribution in [0.4, 0.5) is 0 Å². The van der Waals surface area contributed by atoms with E-state index in [4.69, 9.17) is 12.2 Å². The van der Waals surface area contributed by atoms with Crippen molar-refractivity contribution < 1.29 is 0 Å². The summed E-state index contributed by atoms with van der Waals surface area (Å²) in [6.07, 6.45) is 10.9. The summed E-state index contributed by atoms with van der Waals surface area (Å²) in [7, 11) is 0. The van der Waals surface area contributed by atoms with Crippen molar-refractivity contribution in [2.24, 2.45) is 11.7 Å². The van der Waals surface area contributed by atoms with Crippen LogP contribution in [-0.2, 0) is 0 Å². The summed E-state index contributed by atoms with van der Waals surface area (Å²) in [5, 5.41) is 0. The first-order chi connectivity index (χ1) is 6.33. The van der Waals surface area contributed by atoms with Gasteiger partial charge in [0.05, 0.1) is 0 Å². The van der Waals surface area contributed by atoms with Crippen LogP contribution in [0.25, 0.3) is 0 Å². The molecular formula is C11H19NS. The minimum absolute atomic E-state index is 0.337. The van der Waals surface area contributed by atoms with E-state index in [1.807, 2.05) is 0 Å². The summed E-state index contributed by atoms with van der Waals surface area (Å²) in [4.78, 5) is 0. The van der Waals surface area contributed by atoms with Gasteiger partial charge in [-0.3, -0.25) is 0 Å². The Labute approximate surface area is 85.8 Å². The Balaban J connectivity index is 2.11. The summed E-state index contributed by atoms with van der Waals surface area (Å²) >= 11 is 2.07. The lowest BCUT2D eigenvalue weighted by Gasteiger charge is -2.23. The molecule has 1 atom stereocenters. The smallest absolute Gasteiger partial charge is 0.0101 e. The van der Waals surface area contributed by atoms with Gasteiger partial charge >= 0.3 is 0 Å². The predicted molar refractivity (Wildman–Crippen MR) is 60.7 cm³/mol. The fourth-order valence-corrected chi connectivity index (χ4v) is 3.00. The summed E-state index contributed by atoms with van der Waals surface area (Å²) < 4.78 is 0. The first kappa shape index (κ1) is 10.9. The van der Waals surface area contributed by atoms with Crippen LogP contribution in [0.15, 0.2) is 0 Å². The van der Waals surface area contributed by atoms with E-state index >= 15 is 0 Å². The van der Waals surface area contributed by atoms with E-state index < -0.39 is 0 Å². The van der Waals surface area contributed by atoms with Crippen LogP contribution in [0.1, 0.15) is 32.1 Å². The molecule has 1 aliphatic heterocycles. The molecular weight excluding hydrogens is 178 g/mol. The first-order valence-corrected chi connectivity index (χ1v) is 6.25. The quantitative estimate of drug-likeness (QED) is 0.700. The molecule has 1 aliphatic rings. The highest BCUT2D eigenvalue weighted by molar-refractivity contribution is 7.99. The van der Waals surface area contributed by atoms with Crippen molar-refractivity contribution in [3.05, 3.63) is 0 Å². The van der Waals surface area contributed by atoms with E-state index in [0.717, 1.165) is 18.8 Å². The molecule has 0 bridgehead atoms. The maximum Gasteiger partial charge on any atom is 0.0101 e. The van der Waals surface area contributed by atoms with Crippen molar-refractivity contribution in [2.75, 3.05) is 11.5 Å². The zero-order chi connectivity index (χ0) is 9.52. The summed E-state index contributed by atoms with van der Waals surface area (Å²) in [6, 6.07) is 0.337. The number of nitrogens with two attached hydrogens (primary N) is 1. The zero-order valence-electron chi connectivity index (χ0n) is 8.17. The van der Waals surface area contributed by atoms with Crippen LogP contribution in [0.3, 0.4) is 0 Å². The second kappa shape index (κ2) is 6.34. The summed E-state index contributed by atoms with van der Waals surface area (Å²) in [6.45, 7) is 0. The number of hydrogen-bond donors (Lipinski definition) is 1. The molecule has 2 heteroatoms. The third kappa shape index (κ3) is 4.59. The third-order valence-electron chi connectivity index (χ3n) is 2.64. The maximum atomic E-state index is 5.99. The molecule has 1 heterocycles. The van der Waals surface area contributed by atoms with Crippen LogP contribution >= 0.6 is 11.8 Å². The highest BCUT2D eigenvalue weighted by atomic mass is 32.2. The van der Waals surface area contributed by atoms with Crippen LogP contribution in [-0.4, -0.2) is 17.5 Å². The van der Waals surface area contributed by atoms with Crippen molar-refractivity contribution in [1.82, 2.24) is 0 Å². The average Bonchev–Trinajstić information content (AvgIpc) is 2.16. The van der Waals surface area contributed by atoms with Crippen LogP contribution in [0.2, 0.25) is 0 Å². The van der Waals surface area contributed by atoms with Gasteiger partial charge in [-0.25, -0.2) is 0 Å². The molecule has 13 heavy (non-hydrogen) atoms. The number of rotatable bonds is 4. The second-order valence-electron chi connectivity index (χ2n) is 3.79. The molecule has 0 amide bonds. The summed E-state index contributed by atoms with van der Waals surface area (Å²) in [5.41, 5.74) is 5.99. The second-order valence-corrected chi connectivity index (χ2v) is 5.02. The predicted octanol–water partition coefficient (Wildman–Crippen LogP) is 2.26. The maximum absolute atomic E-state index is 5.99. The Kier molecular flexibility index (Phi) is 5.34. The van der Waals surface area contributed by atoms with E-state index in [1.165, 1.54) is 30.8 Å². The molecule has 1 saturated heterocycles. The van der Waals surface area contributed by atoms with Gasteiger partial charge in [0.25, 0.3) is 0 Å². The van der Waals surface area contributed by atoms with Crippen LogP contribution in [0.5, 0.6) is 0 Å². The van der Waals surface area contributed by atoms with Crippen molar-refractivity contribution in [2.45, 2.75) is 38.1 Å².